The van der Waals surface area contributed by atoms with Gasteiger partial charge in [-0.3, -0.25) is 4.79 Å². The Hall–Kier alpha value is -2.45. The second-order valence-electron chi connectivity index (χ2n) is 5.00. The van der Waals surface area contributed by atoms with Gasteiger partial charge in [-0.25, -0.2) is 15.0 Å². The van der Waals surface area contributed by atoms with Crippen LogP contribution in [0.5, 0.6) is 0 Å². The van der Waals surface area contributed by atoms with E-state index < -0.39 is 0 Å². The van der Waals surface area contributed by atoms with Gasteiger partial charge in [-0.15, -0.1) is 11.3 Å². The number of carbonyl (C=O) groups excluding carboxylic acids is 1. The third-order valence-corrected chi connectivity index (χ3v) is 4.65. The zero-order valence-corrected chi connectivity index (χ0v) is 14.8. The summed E-state index contributed by atoms with van der Waals surface area (Å²) in [5.74, 6) is 0.587. The molecule has 0 aromatic carbocycles. The normalized spacial score (nSPS) is 10.6. The first kappa shape index (κ1) is 16.4. The number of Topliss-reactive ketones (excluding diaryl/α,β-unsaturated/α-hetero) is 1. The van der Waals surface area contributed by atoms with Gasteiger partial charge >= 0.3 is 0 Å². The van der Waals surface area contributed by atoms with Gasteiger partial charge in [0.05, 0.1) is 21.6 Å². The molecule has 0 aliphatic carbocycles. The van der Waals surface area contributed by atoms with E-state index in [4.69, 9.17) is 12.2 Å². The largest absolute Gasteiger partial charge is 0.363 e. The van der Waals surface area contributed by atoms with Gasteiger partial charge in [0, 0.05) is 6.54 Å². The van der Waals surface area contributed by atoms with Gasteiger partial charge in [-0.2, -0.15) is 0 Å². The second kappa shape index (κ2) is 6.98. The van der Waals surface area contributed by atoms with E-state index in [1.54, 1.807) is 13.1 Å². The van der Waals surface area contributed by atoms with Crippen LogP contribution in [0, 0.1) is 0 Å². The molecule has 24 heavy (non-hydrogen) atoms. The number of thiocarbonyl (C=S) groups is 1. The van der Waals surface area contributed by atoms with Crippen LogP contribution in [0.4, 0.5) is 5.82 Å². The van der Waals surface area contributed by atoms with E-state index in [-0.39, 0.29) is 5.78 Å². The highest BCUT2D eigenvalue weighted by molar-refractivity contribution is 7.80. The Balaban J connectivity index is 1.93. The summed E-state index contributed by atoms with van der Waals surface area (Å²) in [5.41, 5.74) is 1.98. The highest BCUT2D eigenvalue weighted by atomic mass is 32.1. The lowest BCUT2D eigenvalue weighted by molar-refractivity contribution is 0.102. The number of thiophene rings is 1. The maximum Gasteiger partial charge on any atom is 0.180 e. The predicted octanol–water partition coefficient (Wildman–Crippen LogP) is 3.26. The van der Waals surface area contributed by atoms with Crippen LogP contribution in [0.2, 0.25) is 0 Å². The van der Waals surface area contributed by atoms with Crippen molar-refractivity contribution in [1.82, 2.24) is 20.3 Å². The molecule has 3 aromatic heterocycles. The number of aromatic nitrogens is 3. The first-order valence-electron chi connectivity index (χ1n) is 7.36. The molecule has 3 rings (SSSR count). The quantitative estimate of drug-likeness (QED) is 0.548. The molecule has 0 spiro atoms. The van der Waals surface area contributed by atoms with Crippen LogP contribution in [0.15, 0.2) is 30.5 Å². The Morgan fingerprint density at radius 2 is 2.08 bits per heavy atom. The summed E-state index contributed by atoms with van der Waals surface area (Å²) in [7, 11) is 0. The monoisotopic (exact) mass is 357 g/mol. The number of anilines is 1. The van der Waals surface area contributed by atoms with E-state index in [0.717, 1.165) is 17.1 Å². The number of rotatable bonds is 4. The summed E-state index contributed by atoms with van der Waals surface area (Å²) in [6, 6.07) is 7.45. The molecule has 0 aliphatic heterocycles. The van der Waals surface area contributed by atoms with E-state index in [1.165, 1.54) is 11.3 Å². The minimum Gasteiger partial charge on any atom is -0.363 e. The van der Waals surface area contributed by atoms with Crippen LogP contribution >= 0.6 is 23.6 Å². The van der Waals surface area contributed by atoms with Crippen molar-refractivity contribution in [2.75, 3.05) is 11.9 Å². The maximum atomic E-state index is 11.4. The molecule has 0 bridgehead atoms. The van der Waals surface area contributed by atoms with Crippen molar-refractivity contribution in [2.45, 2.75) is 13.8 Å². The zero-order valence-electron chi connectivity index (χ0n) is 13.2. The smallest absolute Gasteiger partial charge is 0.180 e. The Morgan fingerprint density at radius 3 is 2.79 bits per heavy atom. The van der Waals surface area contributed by atoms with E-state index in [9.17, 15) is 4.79 Å². The predicted molar refractivity (Wildman–Crippen MR) is 101 cm³/mol. The van der Waals surface area contributed by atoms with Crippen molar-refractivity contribution in [3.8, 4) is 10.6 Å². The molecule has 3 heterocycles. The molecule has 3 aromatic rings. The molecular weight excluding hydrogens is 342 g/mol. The Morgan fingerprint density at radius 1 is 1.25 bits per heavy atom. The topological polar surface area (TPSA) is 79.8 Å². The first-order valence-corrected chi connectivity index (χ1v) is 8.59. The van der Waals surface area contributed by atoms with Crippen molar-refractivity contribution >= 4 is 51.4 Å². The summed E-state index contributed by atoms with van der Waals surface area (Å²) in [6.45, 7) is 4.25. The fourth-order valence-electron chi connectivity index (χ4n) is 2.08. The molecule has 0 amide bonds. The standard InChI is InChI=1S/C16H15N5OS2/c1-3-17-16(23)21-14-8-18-11-5-4-10(19-15(11)20-14)13-7-6-12(24-13)9(2)22/h4-8H,3H2,1-2H3,(H2,17,19,20,21,23). The minimum atomic E-state index is 0.0512. The van der Waals surface area contributed by atoms with Crippen molar-refractivity contribution < 1.29 is 4.79 Å². The maximum absolute atomic E-state index is 11.4. The van der Waals surface area contributed by atoms with E-state index >= 15 is 0 Å². The number of pyridine rings is 1. The number of fused-ring (bicyclic) bond motifs is 1. The van der Waals surface area contributed by atoms with Crippen molar-refractivity contribution in [2.24, 2.45) is 0 Å². The van der Waals surface area contributed by atoms with Crippen LogP contribution in [0.3, 0.4) is 0 Å². The minimum absolute atomic E-state index is 0.0512. The van der Waals surface area contributed by atoms with Crippen molar-refractivity contribution in [3.63, 3.8) is 0 Å². The summed E-state index contributed by atoms with van der Waals surface area (Å²) in [5, 5.41) is 6.46. The molecular formula is C16H15N5OS2. The third kappa shape index (κ3) is 3.55. The van der Waals surface area contributed by atoms with Crippen LogP contribution in [0.1, 0.15) is 23.5 Å². The van der Waals surface area contributed by atoms with E-state index in [1.807, 2.05) is 31.2 Å². The molecule has 2 N–H and O–H groups in total. The molecule has 0 radical (unpaired) electrons. The number of hydrogen-bond donors (Lipinski definition) is 2. The van der Waals surface area contributed by atoms with Gasteiger partial charge in [0.1, 0.15) is 5.52 Å². The number of nitrogens with zero attached hydrogens (tertiary/aromatic N) is 3. The Kier molecular flexibility index (Phi) is 4.77. The number of ketones is 1. The van der Waals surface area contributed by atoms with E-state index in [0.29, 0.717) is 27.0 Å². The fourth-order valence-corrected chi connectivity index (χ4v) is 3.20. The highest BCUT2D eigenvalue weighted by Gasteiger charge is 2.09. The van der Waals surface area contributed by atoms with E-state index in [2.05, 4.69) is 25.6 Å². The molecule has 6 nitrogen and oxygen atoms in total. The zero-order chi connectivity index (χ0) is 17.1. The lowest BCUT2D eigenvalue weighted by Crippen LogP contribution is -2.28. The Bertz CT molecular complexity index is 922. The summed E-state index contributed by atoms with van der Waals surface area (Å²) < 4.78 is 0. The van der Waals surface area contributed by atoms with Crippen LogP contribution in [-0.2, 0) is 0 Å². The van der Waals surface area contributed by atoms with Gasteiger partial charge in [0.25, 0.3) is 0 Å². The van der Waals surface area contributed by atoms with Crippen LogP contribution in [0.25, 0.3) is 21.7 Å². The number of nitrogens with one attached hydrogen (secondary N) is 2. The Labute approximate surface area is 148 Å². The number of hydrogen-bond acceptors (Lipinski definition) is 6. The molecule has 0 saturated heterocycles. The van der Waals surface area contributed by atoms with Crippen molar-refractivity contribution in [3.05, 3.63) is 35.3 Å². The van der Waals surface area contributed by atoms with Gasteiger partial charge < -0.3 is 10.6 Å². The lowest BCUT2D eigenvalue weighted by Gasteiger charge is -2.08. The molecule has 0 aliphatic rings. The van der Waals surface area contributed by atoms with Gasteiger partial charge in [0.15, 0.2) is 22.4 Å². The highest BCUT2D eigenvalue weighted by Crippen LogP contribution is 2.28. The summed E-state index contributed by atoms with van der Waals surface area (Å²) in [4.78, 5) is 26.4. The fraction of sp³-hybridized carbons (Fsp3) is 0.188. The van der Waals surface area contributed by atoms with Crippen molar-refractivity contribution in [1.29, 1.82) is 0 Å². The SMILES string of the molecule is CCNC(=S)Nc1cnc2ccc(-c3ccc(C(C)=O)s3)nc2n1. The molecule has 0 unspecified atom stereocenters. The summed E-state index contributed by atoms with van der Waals surface area (Å²) in [6.07, 6.45) is 1.62. The second-order valence-corrected chi connectivity index (χ2v) is 6.49. The number of carbonyl (C=O) groups is 1. The first-order chi connectivity index (χ1) is 11.6. The average Bonchev–Trinajstić information content (AvgIpc) is 3.04. The average molecular weight is 357 g/mol. The van der Waals surface area contributed by atoms with Gasteiger partial charge in [-0.1, -0.05) is 0 Å². The van der Waals surface area contributed by atoms with Gasteiger partial charge in [-0.05, 0) is 50.3 Å². The lowest BCUT2D eigenvalue weighted by atomic mass is 10.3. The van der Waals surface area contributed by atoms with Crippen LogP contribution < -0.4 is 10.6 Å². The van der Waals surface area contributed by atoms with Crippen LogP contribution in [-0.4, -0.2) is 32.4 Å². The molecule has 0 atom stereocenters. The molecule has 0 fully saturated rings. The van der Waals surface area contributed by atoms with Gasteiger partial charge in [0.2, 0.25) is 0 Å². The molecule has 122 valence electrons. The third-order valence-electron chi connectivity index (χ3n) is 3.19. The molecule has 8 heteroatoms. The summed E-state index contributed by atoms with van der Waals surface area (Å²) >= 11 is 6.56. The molecule has 0 saturated carbocycles.